The summed E-state index contributed by atoms with van der Waals surface area (Å²) in [5.41, 5.74) is 1.29. The van der Waals surface area contributed by atoms with E-state index in [1.807, 2.05) is 12.1 Å². The highest BCUT2D eigenvalue weighted by Crippen LogP contribution is 2.21. The van der Waals surface area contributed by atoms with Gasteiger partial charge in [0.05, 0.1) is 19.8 Å². The fourth-order valence-corrected chi connectivity index (χ4v) is 3.52. The molecule has 0 aromatic heterocycles. The van der Waals surface area contributed by atoms with Crippen LogP contribution in [0.2, 0.25) is 0 Å². The molecule has 2 fully saturated rings. The van der Waals surface area contributed by atoms with E-state index in [9.17, 15) is 4.79 Å². The van der Waals surface area contributed by atoms with Crippen LogP contribution in [0, 0.1) is 5.92 Å². The van der Waals surface area contributed by atoms with Crippen LogP contribution in [0.4, 0.5) is 0 Å². The van der Waals surface area contributed by atoms with Gasteiger partial charge in [0.1, 0.15) is 5.75 Å². The SMILES string of the molecule is COc1ccc(CN2CCC(C(=O)N[C@@H]3CCCOC3)CC2)cc1. The number of ether oxygens (including phenoxy) is 2. The van der Waals surface area contributed by atoms with E-state index in [1.165, 1.54) is 5.56 Å². The van der Waals surface area contributed by atoms with Crippen LogP contribution in [0.5, 0.6) is 5.75 Å². The van der Waals surface area contributed by atoms with Gasteiger partial charge in [-0.05, 0) is 56.5 Å². The second kappa shape index (κ2) is 8.49. The maximum absolute atomic E-state index is 12.4. The van der Waals surface area contributed by atoms with Gasteiger partial charge in [-0.3, -0.25) is 9.69 Å². The lowest BCUT2D eigenvalue weighted by molar-refractivity contribution is -0.128. The quantitative estimate of drug-likeness (QED) is 0.898. The summed E-state index contributed by atoms with van der Waals surface area (Å²) in [4.78, 5) is 14.8. The molecule has 0 unspecified atom stereocenters. The lowest BCUT2D eigenvalue weighted by atomic mass is 9.95. The number of carbonyl (C=O) groups is 1. The third-order valence-electron chi connectivity index (χ3n) is 5.03. The van der Waals surface area contributed by atoms with Crippen molar-refractivity contribution in [2.75, 3.05) is 33.4 Å². The van der Waals surface area contributed by atoms with Crippen LogP contribution in [-0.2, 0) is 16.1 Å². The van der Waals surface area contributed by atoms with E-state index in [-0.39, 0.29) is 17.9 Å². The molecule has 2 aliphatic rings. The van der Waals surface area contributed by atoms with Gasteiger partial charge in [0.15, 0.2) is 0 Å². The zero-order valence-electron chi connectivity index (χ0n) is 14.5. The number of hydrogen-bond donors (Lipinski definition) is 1. The van der Waals surface area contributed by atoms with Crippen molar-refractivity contribution in [1.29, 1.82) is 0 Å². The Kier molecular flexibility index (Phi) is 6.10. The Morgan fingerprint density at radius 1 is 1.25 bits per heavy atom. The first-order valence-electron chi connectivity index (χ1n) is 8.98. The van der Waals surface area contributed by atoms with E-state index in [0.29, 0.717) is 6.61 Å². The topological polar surface area (TPSA) is 50.8 Å². The van der Waals surface area contributed by atoms with Crippen molar-refractivity contribution in [3.63, 3.8) is 0 Å². The van der Waals surface area contributed by atoms with Gasteiger partial charge in [-0.15, -0.1) is 0 Å². The summed E-state index contributed by atoms with van der Waals surface area (Å²) in [6, 6.07) is 8.44. The summed E-state index contributed by atoms with van der Waals surface area (Å²) in [6.45, 7) is 4.39. The highest BCUT2D eigenvalue weighted by molar-refractivity contribution is 5.79. The standard InChI is InChI=1S/C19H28N2O3/c1-23-18-6-4-15(5-7-18)13-21-10-8-16(9-11-21)19(22)20-17-3-2-12-24-14-17/h4-7,16-17H,2-3,8-14H2,1H3,(H,20,22)/t17-/m1/s1. The van der Waals surface area contributed by atoms with Crippen LogP contribution in [0.1, 0.15) is 31.2 Å². The molecule has 1 aromatic rings. The van der Waals surface area contributed by atoms with Gasteiger partial charge in [0, 0.05) is 19.1 Å². The molecule has 0 bridgehead atoms. The number of nitrogens with zero attached hydrogens (tertiary/aromatic N) is 1. The Hall–Kier alpha value is -1.59. The molecular weight excluding hydrogens is 304 g/mol. The zero-order chi connectivity index (χ0) is 16.8. The predicted molar refractivity (Wildman–Crippen MR) is 93.0 cm³/mol. The van der Waals surface area contributed by atoms with Gasteiger partial charge in [-0.1, -0.05) is 12.1 Å². The van der Waals surface area contributed by atoms with E-state index in [4.69, 9.17) is 9.47 Å². The Labute approximate surface area is 144 Å². The summed E-state index contributed by atoms with van der Waals surface area (Å²) in [5, 5.41) is 3.17. The van der Waals surface area contributed by atoms with Crippen molar-refractivity contribution in [2.24, 2.45) is 5.92 Å². The maximum Gasteiger partial charge on any atom is 0.223 e. The number of piperidine rings is 1. The molecule has 1 aromatic carbocycles. The molecule has 1 atom stereocenters. The normalized spacial score (nSPS) is 23.0. The molecule has 0 aliphatic carbocycles. The van der Waals surface area contributed by atoms with Crippen molar-refractivity contribution < 1.29 is 14.3 Å². The fourth-order valence-electron chi connectivity index (χ4n) is 3.52. The smallest absolute Gasteiger partial charge is 0.223 e. The maximum atomic E-state index is 12.4. The van der Waals surface area contributed by atoms with Crippen molar-refractivity contribution in [3.05, 3.63) is 29.8 Å². The first-order chi connectivity index (χ1) is 11.7. The molecule has 0 spiro atoms. The molecule has 0 saturated carbocycles. The van der Waals surface area contributed by atoms with E-state index >= 15 is 0 Å². The third-order valence-corrected chi connectivity index (χ3v) is 5.03. The average Bonchev–Trinajstić information content (AvgIpc) is 2.64. The number of hydrogen-bond acceptors (Lipinski definition) is 4. The van der Waals surface area contributed by atoms with Crippen LogP contribution >= 0.6 is 0 Å². The van der Waals surface area contributed by atoms with Gasteiger partial charge < -0.3 is 14.8 Å². The van der Waals surface area contributed by atoms with Crippen molar-refractivity contribution >= 4 is 5.91 Å². The first-order valence-corrected chi connectivity index (χ1v) is 8.98. The first kappa shape index (κ1) is 17.2. The minimum Gasteiger partial charge on any atom is -0.497 e. The molecular formula is C19H28N2O3. The average molecular weight is 332 g/mol. The predicted octanol–water partition coefficient (Wildman–Crippen LogP) is 2.20. The van der Waals surface area contributed by atoms with Gasteiger partial charge in [-0.2, -0.15) is 0 Å². The summed E-state index contributed by atoms with van der Waals surface area (Å²) in [5.74, 6) is 1.26. The molecule has 2 heterocycles. The molecule has 2 aliphatic heterocycles. The highest BCUT2D eigenvalue weighted by atomic mass is 16.5. The van der Waals surface area contributed by atoms with E-state index in [2.05, 4.69) is 22.3 Å². The van der Waals surface area contributed by atoms with E-state index < -0.39 is 0 Å². The molecule has 2 saturated heterocycles. The Bertz CT molecular complexity index is 518. The second-order valence-corrected chi connectivity index (χ2v) is 6.82. The van der Waals surface area contributed by atoms with Crippen LogP contribution in [0.25, 0.3) is 0 Å². The largest absolute Gasteiger partial charge is 0.497 e. The zero-order valence-corrected chi connectivity index (χ0v) is 14.5. The number of rotatable bonds is 5. The van der Waals surface area contributed by atoms with Gasteiger partial charge >= 0.3 is 0 Å². The Balaban J connectivity index is 1.42. The lowest BCUT2D eigenvalue weighted by Crippen LogP contribution is -2.46. The Morgan fingerprint density at radius 2 is 2.00 bits per heavy atom. The van der Waals surface area contributed by atoms with Crippen LogP contribution < -0.4 is 10.1 Å². The number of amides is 1. The van der Waals surface area contributed by atoms with Gasteiger partial charge in [-0.25, -0.2) is 0 Å². The molecule has 1 N–H and O–H groups in total. The number of nitrogens with one attached hydrogen (secondary N) is 1. The van der Waals surface area contributed by atoms with E-state index in [0.717, 1.165) is 57.7 Å². The highest BCUT2D eigenvalue weighted by Gasteiger charge is 2.27. The number of benzene rings is 1. The summed E-state index contributed by atoms with van der Waals surface area (Å²) < 4.78 is 10.6. The van der Waals surface area contributed by atoms with Crippen LogP contribution in [0.15, 0.2) is 24.3 Å². The second-order valence-electron chi connectivity index (χ2n) is 6.82. The summed E-state index contributed by atoms with van der Waals surface area (Å²) in [6.07, 6.45) is 3.97. The van der Waals surface area contributed by atoms with Crippen molar-refractivity contribution in [1.82, 2.24) is 10.2 Å². The van der Waals surface area contributed by atoms with Gasteiger partial charge in [0.25, 0.3) is 0 Å². The fraction of sp³-hybridized carbons (Fsp3) is 0.632. The van der Waals surface area contributed by atoms with Gasteiger partial charge in [0.2, 0.25) is 5.91 Å². The minimum absolute atomic E-state index is 0.152. The summed E-state index contributed by atoms with van der Waals surface area (Å²) in [7, 11) is 1.68. The number of carbonyl (C=O) groups excluding carboxylic acids is 1. The molecule has 0 radical (unpaired) electrons. The lowest BCUT2D eigenvalue weighted by Gasteiger charge is -2.32. The molecule has 5 heteroatoms. The van der Waals surface area contributed by atoms with Crippen molar-refractivity contribution in [3.8, 4) is 5.75 Å². The van der Waals surface area contributed by atoms with Crippen molar-refractivity contribution in [2.45, 2.75) is 38.3 Å². The third kappa shape index (κ3) is 4.71. The van der Waals surface area contributed by atoms with Crippen LogP contribution in [0.3, 0.4) is 0 Å². The molecule has 24 heavy (non-hydrogen) atoms. The summed E-state index contributed by atoms with van der Waals surface area (Å²) >= 11 is 0. The molecule has 132 valence electrons. The van der Waals surface area contributed by atoms with E-state index in [1.54, 1.807) is 7.11 Å². The molecule has 5 nitrogen and oxygen atoms in total. The molecule has 3 rings (SSSR count). The van der Waals surface area contributed by atoms with Crippen LogP contribution in [-0.4, -0.2) is 50.3 Å². The number of methoxy groups -OCH3 is 1. The number of likely N-dealkylation sites (tertiary alicyclic amines) is 1. The monoisotopic (exact) mass is 332 g/mol. The Morgan fingerprint density at radius 3 is 2.62 bits per heavy atom. The minimum atomic E-state index is 0.152. The molecule has 1 amide bonds.